The smallest absolute Gasteiger partial charge is 0.163 e. The van der Waals surface area contributed by atoms with E-state index in [9.17, 15) is 0 Å². The van der Waals surface area contributed by atoms with Crippen LogP contribution in [0.1, 0.15) is 49.6 Å². The Morgan fingerprint density at radius 1 is 1.35 bits per heavy atom. The molecule has 0 radical (unpaired) electrons. The van der Waals surface area contributed by atoms with E-state index in [0.29, 0.717) is 12.5 Å². The normalized spacial score (nSPS) is 28.2. The van der Waals surface area contributed by atoms with Gasteiger partial charge in [0.05, 0.1) is 13.2 Å². The van der Waals surface area contributed by atoms with Crippen molar-refractivity contribution in [1.82, 2.24) is 19.7 Å². The molecule has 0 amide bonds. The Morgan fingerprint density at radius 2 is 2.22 bits per heavy atom. The SMILES string of the molecule is CCn1cnnc1[C@@H]1CN(Cc2ccc([C@H]3C[C@H]3C)o2)CCO1. The number of rotatable bonds is 5. The summed E-state index contributed by atoms with van der Waals surface area (Å²) in [6.45, 7) is 8.54. The van der Waals surface area contributed by atoms with Gasteiger partial charge in [-0.15, -0.1) is 10.2 Å². The first kappa shape index (κ1) is 14.9. The molecule has 6 heteroatoms. The van der Waals surface area contributed by atoms with Crippen molar-refractivity contribution < 1.29 is 9.15 Å². The van der Waals surface area contributed by atoms with Gasteiger partial charge in [0.15, 0.2) is 5.82 Å². The molecule has 0 N–H and O–H groups in total. The van der Waals surface area contributed by atoms with Gasteiger partial charge in [0.1, 0.15) is 24.0 Å². The van der Waals surface area contributed by atoms with Crippen molar-refractivity contribution in [1.29, 1.82) is 0 Å². The fraction of sp³-hybridized carbons (Fsp3) is 0.647. The van der Waals surface area contributed by atoms with Crippen molar-refractivity contribution in [3.05, 3.63) is 35.8 Å². The molecule has 1 aliphatic carbocycles. The molecule has 3 atom stereocenters. The third kappa shape index (κ3) is 3.05. The minimum Gasteiger partial charge on any atom is -0.464 e. The van der Waals surface area contributed by atoms with Gasteiger partial charge in [-0.25, -0.2) is 0 Å². The number of aryl methyl sites for hydroxylation is 1. The Bertz CT molecular complexity index is 665. The zero-order valence-corrected chi connectivity index (χ0v) is 13.8. The lowest BCUT2D eigenvalue weighted by molar-refractivity contribution is -0.0406. The molecular weight excluding hydrogens is 292 g/mol. The van der Waals surface area contributed by atoms with Crippen LogP contribution in [0.25, 0.3) is 0 Å². The number of hydrogen-bond donors (Lipinski definition) is 0. The maximum atomic E-state index is 6.04. The van der Waals surface area contributed by atoms with Crippen molar-refractivity contribution in [3.8, 4) is 0 Å². The molecule has 3 heterocycles. The number of ether oxygens (including phenoxy) is 1. The standard InChI is InChI=1S/C17H24N4O2/c1-3-21-11-18-19-17(21)16-10-20(6-7-22-16)9-13-4-5-15(23-13)14-8-12(14)2/h4-5,11-12,14,16H,3,6-10H2,1-2H3/t12-,14+,16+/m1/s1. The summed E-state index contributed by atoms with van der Waals surface area (Å²) in [5.41, 5.74) is 0. The van der Waals surface area contributed by atoms with Crippen LogP contribution in [0.15, 0.2) is 22.9 Å². The Balaban J connectivity index is 1.40. The first-order valence-corrected chi connectivity index (χ1v) is 8.55. The number of nitrogens with zero attached hydrogens (tertiary/aromatic N) is 4. The molecule has 2 aromatic rings. The van der Waals surface area contributed by atoms with E-state index in [1.807, 2.05) is 4.57 Å². The highest BCUT2D eigenvalue weighted by molar-refractivity contribution is 5.17. The van der Waals surface area contributed by atoms with Gasteiger partial charge < -0.3 is 13.7 Å². The number of hydrogen-bond acceptors (Lipinski definition) is 5. The van der Waals surface area contributed by atoms with Gasteiger partial charge >= 0.3 is 0 Å². The van der Waals surface area contributed by atoms with E-state index in [-0.39, 0.29) is 6.10 Å². The molecule has 1 saturated heterocycles. The van der Waals surface area contributed by atoms with Gasteiger partial charge in [0, 0.05) is 25.6 Å². The average molecular weight is 316 g/mol. The molecule has 4 rings (SSSR count). The Morgan fingerprint density at radius 3 is 3.00 bits per heavy atom. The summed E-state index contributed by atoms with van der Waals surface area (Å²) < 4.78 is 14.0. The number of aromatic nitrogens is 3. The van der Waals surface area contributed by atoms with Gasteiger partial charge in [-0.1, -0.05) is 6.92 Å². The molecular formula is C17H24N4O2. The minimum absolute atomic E-state index is 0.0101. The summed E-state index contributed by atoms with van der Waals surface area (Å²) in [5.74, 6) is 4.55. The summed E-state index contributed by atoms with van der Waals surface area (Å²) in [6.07, 6.45) is 3.02. The van der Waals surface area contributed by atoms with Crippen LogP contribution in [0, 0.1) is 5.92 Å². The second kappa shape index (κ2) is 6.09. The Hall–Kier alpha value is -1.66. The summed E-state index contributed by atoms with van der Waals surface area (Å²) in [6, 6.07) is 4.27. The maximum Gasteiger partial charge on any atom is 0.163 e. The highest BCUT2D eigenvalue weighted by atomic mass is 16.5. The van der Waals surface area contributed by atoms with Crippen LogP contribution < -0.4 is 0 Å². The monoisotopic (exact) mass is 316 g/mol. The highest BCUT2D eigenvalue weighted by Crippen LogP contribution is 2.47. The molecule has 0 spiro atoms. The van der Waals surface area contributed by atoms with E-state index in [1.165, 1.54) is 6.42 Å². The summed E-state index contributed by atoms with van der Waals surface area (Å²) >= 11 is 0. The van der Waals surface area contributed by atoms with Crippen LogP contribution >= 0.6 is 0 Å². The zero-order valence-electron chi connectivity index (χ0n) is 13.8. The van der Waals surface area contributed by atoms with E-state index in [2.05, 4.69) is 41.1 Å². The van der Waals surface area contributed by atoms with Crippen LogP contribution in [0.4, 0.5) is 0 Å². The average Bonchev–Trinajstić information content (AvgIpc) is 2.97. The lowest BCUT2D eigenvalue weighted by atomic mass is 10.2. The topological polar surface area (TPSA) is 56.3 Å². The Labute approximate surface area is 136 Å². The second-order valence-corrected chi connectivity index (χ2v) is 6.69. The number of furan rings is 1. The third-order valence-corrected chi connectivity index (χ3v) is 4.96. The van der Waals surface area contributed by atoms with Crippen LogP contribution in [-0.2, 0) is 17.8 Å². The van der Waals surface area contributed by atoms with E-state index < -0.39 is 0 Å². The molecule has 1 saturated carbocycles. The van der Waals surface area contributed by atoms with Crippen molar-refractivity contribution >= 4 is 0 Å². The van der Waals surface area contributed by atoms with E-state index >= 15 is 0 Å². The van der Waals surface area contributed by atoms with E-state index in [4.69, 9.17) is 9.15 Å². The molecule has 0 bridgehead atoms. The quantitative estimate of drug-likeness (QED) is 0.848. The largest absolute Gasteiger partial charge is 0.464 e. The van der Waals surface area contributed by atoms with Gasteiger partial charge in [-0.2, -0.15) is 0 Å². The number of morpholine rings is 1. The third-order valence-electron chi connectivity index (χ3n) is 4.96. The zero-order chi connectivity index (χ0) is 15.8. The van der Waals surface area contributed by atoms with Crippen molar-refractivity contribution in [2.24, 2.45) is 5.92 Å². The molecule has 2 aromatic heterocycles. The molecule has 2 fully saturated rings. The van der Waals surface area contributed by atoms with Gasteiger partial charge in [-0.3, -0.25) is 4.90 Å². The lowest BCUT2D eigenvalue weighted by Gasteiger charge is -2.31. The maximum absolute atomic E-state index is 6.04. The first-order valence-electron chi connectivity index (χ1n) is 8.55. The minimum atomic E-state index is -0.0101. The predicted octanol–water partition coefficient (Wildman–Crippen LogP) is 2.59. The van der Waals surface area contributed by atoms with Crippen LogP contribution in [0.3, 0.4) is 0 Å². The van der Waals surface area contributed by atoms with Crippen LogP contribution in [0.2, 0.25) is 0 Å². The Kier molecular flexibility index (Phi) is 3.95. The molecule has 0 unspecified atom stereocenters. The molecule has 6 nitrogen and oxygen atoms in total. The fourth-order valence-electron chi connectivity index (χ4n) is 3.38. The summed E-state index contributed by atoms with van der Waals surface area (Å²) in [5, 5.41) is 8.24. The lowest BCUT2D eigenvalue weighted by Crippen LogP contribution is -2.38. The van der Waals surface area contributed by atoms with Gasteiger partial charge in [-0.05, 0) is 31.4 Å². The molecule has 2 aliphatic rings. The van der Waals surface area contributed by atoms with E-state index in [0.717, 1.165) is 49.4 Å². The first-order chi connectivity index (χ1) is 11.2. The van der Waals surface area contributed by atoms with Crippen molar-refractivity contribution in [3.63, 3.8) is 0 Å². The predicted molar refractivity (Wildman–Crippen MR) is 84.9 cm³/mol. The molecule has 23 heavy (non-hydrogen) atoms. The highest BCUT2D eigenvalue weighted by Gasteiger charge is 2.36. The van der Waals surface area contributed by atoms with Crippen LogP contribution in [0.5, 0.6) is 0 Å². The van der Waals surface area contributed by atoms with Crippen molar-refractivity contribution in [2.45, 2.75) is 45.4 Å². The van der Waals surface area contributed by atoms with Gasteiger partial charge in [0.25, 0.3) is 0 Å². The molecule has 0 aromatic carbocycles. The molecule has 124 valence electrons. The second-order valence-electron chi connectivity index (χ2n) is 6.69. The van der Waals surface area contributed by atoms with Crippen LogP contribution in [-0.4, -0.2) is 39.4 Å². The summed E-state index contributed by atoms with van der Waals surface area (Å²) in [7, 11) is 0. The molecule has 1 aliphatic heterocycles. The van der Waals surface area contributed by atoms with E-state index in [1.54, 1.807) is 6.33 Å². The summed E-state index contributed by atoms with van der Waals surface area (Å²) in [4.78, 5) is 2.38. The van der Waals surface area contributed by atoms with Crippen molar-refractivity contribution in [2.75, 3.05) is 19.7 Å². The fourth-order valence-corrected chi connectivity index (χ4v) is 3.38. The van der Waals surface area contributed by atoms with Gasteiger partial charge in [0.2, 0.25) is 0 Å².